The van der Waals surface area contributed by atoms with Crippen LogP contribution in [0.2, 0.25) is 0 Å². The van der Waals surface area contributed by atoms with Crippen LogP contribution in [-0.2, 0) is 22.4 Å². The molecule has 1 spiro atoms. The fraction of sp³-hybridized carbons (Fsp3) is 0.357. The summed E-state index contributed by atoms with van der Waals surface area (Å²) in [5.41, 5.74) is 1.57. The number of carbonyl (C=O) groups is 3. The van der Waals surface area contributed by atoms with Gasteiger partial charge >= 0.3 is 6.03 Å². The second-order valence-corrected chi connectivity index (χ2v) is 4.92. The maximum absolute atomic E-state index is 11.7. The van der Waals surface area contributed by atoms with Gasteiger partial charge in [0.2, 0.25) is 5.91 Å². The molecule has 0 aromatic heterocycles. The van der Waals surface area contributed by atoms with E-state index >= 15 is 0 Å². The van der Waals surface area contributed by atoms with Crippen molar-refractivity contribution in [1.29, 1.82) is 0 Å². The van der Waals surface area contributed by atoms with Crippen molar-refractivity contribution in [3.63, 3.8) is 0 Å². The quantitative estimate of drug-likeness (QED) is 0.588. The second-order valence-electron chi connectivity index (χ2n) is 4.92. The van der Waals surface area contributed by atoms with E-state index in [1.807, 2.05) is 24.3 Å². The van der Waals surface area contributed by atoms with Gasteiger partial charge in [-0.1, -0.05) is 24.3 Å². The Morgan fingerprint density at radius 1 is 1.20 bits per heavy atom. The molecule has 1 aromatic rings. The Morgan fingerprint density at radius 3 is 2.05 bits per heavy atom. The van der Waals surface area contributed by atoms with Gasteiger partial charge in [0.15, 0.2) is 0 Å². The third kappa shape index (κ3) is 2.64. The van der Waals surface area contributed by atoms with Crippen molar-refractivity contribution in [2.45, 2.75) is 25.3 Å². The molecular formula is C14H17N3O3. The van der Waals surface area contributed by atoms with Crippen LogP contribution in [0.25, 0.3) is 0 Å². The van der Waals surface area contributed by atoms with E-state index in [2.05, 4.69) is 16.0 Å². The molecule has 0 saturated carbocycles. The lowest BCUT2D eigenvalue weighted by Crippen LogP contribution is -2.47. The summed E-state index contributed by atoms with van der Waals surface area (Å²) in [5, 5.41) is 7.41. The van der Waals surface area contributed by atoms with Crippen molar-refractivity contribution >= 4 is 17.8 Å². The van der Waals surface area contributed by atoms with Crippen LogP contribution in [0.5, 0.6) is 0 Å². The van der Waals surface area contributed by atoms with Crippen molar-refractivity contribution in [2.75, 3.05) is 7.05 Å². The Morgan fingerprint density at radius 2 is 1.70 bits per heavy atom. The Kier molecular flexibility index (Phi) is 3.74. The first kappa shape index (κ1) is 14.0. The molecule has 0 bridgehead atoms. The summed E-state index contributed by atoms with van der Waals surface area (Å²) in [4.78, 5) is 32.5. The van der Waals surface area contributed by atoms with Gasteiger partial charge in [0.1, 0.15) is 5.54 Å². The zero-order chi connectivity index (χ0) is 14.8. The lowest BCUT2D eigenvalue weighted by atomic mass is 9.96. The number of imide groups is 1. The zero-order valence-electron chi connectivity index (χ0n) is 11.4. The molecule has 1 aliphatic heterocycles. The number of rotatable bonds is 0. The van der Waals surface area contributed by atoms with Crippen LogP contribution in [0.3, 0.4) is 0 Å². The van der Waals surface area contributed by atoms with E-state index in [9.17, 15) is 14.4 Å². The van der Waals surface area contributed by atoms with E-state index in [-0.39, 0.29) is 17.8 Å². The van der Waals surface area contributed by atoms with Crippen molar-refractivity contribution < 1.29 is 14.4 Å². The van der Waals surface area contributed by atoms with Crippen LogP contribution in [0.4, 0.5) is 4.79 Å². The number of amides is 4. The molecule has 1 aliphatic carbocycles. The van der Waals surface area contributed by atoms with Crippen LogP contribution < -0.4 is 16.0 Å². The second kappa shape index (κ2) is 5.32. The summed E-state index contributed by atoms with van der Waals surface area (Å²) >= 11 is 0. The average Bonchev–Trinajstić information content (AvgIpc) is 2.90. The highest BCUT2D eigenvalue weighted by Gasteiger charge is 2.49. The predicted molar refractivity (Wildman–Crippen MR) is 73.0 cm³/mol. The third-order valence-corrected chi connectivity index (χ3v) is 3.47. The first-order valence-corrected chi connectivity index (χ1v) is 6.35. The molecule has 1 fully saturated rings. The van der Waals surface area contributed by atoms with Gasteiger partial charge in [0.25, 0.3) is 5.91 Å². The summed E-state index contributed by atoms with van der Waals surface area (Å²) in [7, 11) is 1.60. The molecule has 3 rings (SSSR count). The highest BCUT2D eigenvalue weighted by Crippen LogP contribution is 2.31. The molecule has 0 unspecified atom stereocenters. The standard InChI is InChI=1S/C11H10N2O2.C3H7NO/c14-9-11(13-10(15)12-9)5-7-3-1-2-4-8(7)6-11;1-3(5)4-2/h1-4H,5-6H2,(H2,12,13,14,15);1-2H3,(H,4,5). The first-order valence-electron chi connectivity index (χ1n) is 6.35. The van der Waals surface area contributed by atoms with Crippen molar-refractivity contribution in [3.05, 3.63) is 35.4 Å². The van der Waals surface area contributed by atoms with Gasteiger partial charge in [0, 0.05) is 26.8 Å². The van der Waals surface area contributed by atoms with E-state index in [4.69, 9.17) is 0 Å². The van der Waals surface area contributed by atoms with Crippen molar-refractivity contribution in [1.82, 2.24) is 16.0 Å². The minimum Gasteiger partial charge on any atom is -0.359 e. The lowest BCUT2D eigenvalue weighted by Gasteiger charge is -2.18. The molecule has 0 atom stereocenters. The van der Waals surface area contributed by atoms with Crippen molar-refractivity contribution in [3.8, 4) is 0 Å². The first-order chi connectivity index (χ1) is 9.47. The number of carbonyl (C=O) groups excluding carboxylic acids is 3. The zero-order valence-corrected chi connectivity index (χ0v) is 11.4. The molecule has 6 nitrogen and oxygen atoms in total. The fourth-order valence-electron chi connectivity index (χ4n) is 2.39. The summed E-state index contributed by atoms with van der Waals surface area (Å²) in [6.07, 6.45) is 1.20. The largest absolute Gasteiger partial charge is 0.359 e. The summed E-state index contributed by atoms with van der Waals surface area (Å²) in [6.45, 7) is 1.47. The number of hydrogen-bond donors (Lipinski definition) is 3. The summed E-state index contributed by atoms with van der Waals surface area (Å²) in [6, 6.07) is 7.52. The molecule has 1 aromatic carbocycles. The lowest BCUT2D eigenvalue weighted by molar-refractivity contribution is -0.123. The highest BCUT2D eigenvalue weighted by molar-refractivity contribution is 6.07. The number of fused-ring (bicyclic) bond motifs is 1. The number of benzene rings is 1. The highest BCUT2D eigenvalue weighted by atomic mass is 16.2. The summed E-state index contributed by atoms with van der Waals surface area (Å²) < 4.78 is 0. The number of urea groups is 1. The average molecular weight is 275 g/mol. The number of hydrogen-bond acceptors (Lipinski definition) is 3. The Balaban J connectivity index is 0.000000257. The molecule has 3 N–H and O–H groups in total. The smallest absolute Gasteiger partial charge is 0.322 e. The molecule has 0 radical (unpaired) electrons. The van der Waals surface area contributed by atoms with Gasteiger partial charge in [-0.05, 0) is 11.1 Å². The van der Waals surface area contributed by atoms with Crippen LogP contribution in [0, 0.1) is 0 Å². The Labute approximate surface area is 116 Å². The van der Waals surface area contributed by atoms with E-state index in [0.29, 0.717) is 12.8 Å². The van der Waals surface area contributed by atoms with E-state index < -0.39 is 5.54 Å². The van der Waals surface area contributed by atoms with E-state index in [1.54, 1.807) is 7.05 Å². The minimum absolute atomic E-state index is 0.00463. The molecule has 1 saturated heterocycles. The fourth-order valence-corrected chi connectivity index (χ4v) is 2.39. The maximum atomic E-state index is 11.7. The number of nitrogens with one attached hydrogen (secondary N) is 3. The molecule has 20 heavy (non-hydrogen) atoms. The molecule has 106 valence electrons. The van der Waals surface area contributed by atoms with Crippen LogP contribution >= 0.6 is 0 Å². The Hall–Kier alpha value is -2.37. The maximum Gasteiger partial charge on any atom is 0.322 e. The molecule has 1 heterocycles. The van der Waals surface area contributed by atoms with E-state index in [1.165, 1.54) is 6.92 Å². The van der Waals surface area contributed by atoms with Gasteiger partial charge in [-0.3, -0.25) is 14.9 Å². The topological polar surface area (TPSA) is 87.3 Å². The van der Waals surface area contributed by atoms with Gasteiger partial charge in [-0.2, -0.15) is 0 Å². The molecular weight excluding hydrogens is 258 g/mol. The van der Waals surface area contributed by atoms with Gasteiger partial charge in [0.05, 0.1) is 0 Å². The van der Waals surface area contributed by atoms with Crippen LogP contribution in [-0.4, -0.2) is 30.4 Å². The van der Waals surface area contributed by atoms with Gasteiger partial charge in [-0.25, -0.2) is 4.79 Å². The molecule has 2 aliphatic rings. The molecule has 6 heteroatoms. The normalized spacial score (nSPS) is 17.7. The van der Waals surface area contributed by atoms with E-state index in [0.717, 1.165) is 11.1 Å². The SMILES string of the molecule is CNC(C)=O.O=C1NC(=O)C2(Cc3ccccc3C2)N1. The van der Waals surface area contributed by atoms with Crippen molar-refractivity contribution in [2.24, 2.45) is 0 Å². The van der Waals surface area contributed by atoms with Crippen LogP contribution in [0.15, 0.2) is 24.3 Å². The monoisotopic (exact) mass is 275 g/mol. The van der Waals surface area contributed by atoms with Gasteiger partial charge in [-0.15, -0.1) is 0 Å². The summed E-state index contributed by atoms with van der Waals surface area (Å²) in [5.74, 6) is -0.200. The van der Waals surface area contributed by atoms with Gasteiger partial charge < -0.3 is 10.6 Å². The Bertz CT molecular complexity index is 544. The minimum atomic E-state index is -0.721. The third-order valence-electron chi connectivity index (χ3n) is 3.47. The molecule has 4 amide bonds. The van der Waals surface area contributed by atoms with Crippen LogP contribution in [0.1, 0.15) is 18.1 Å². The predicted octanol–water partition coefficient (Wildman–Crippen LogP) is 0.116.